The van der Waals surface area contributed by atoms with Gasteiger partial charge in [-0.1, -0.05) is 24.3 Å². The van der Waals surface area contributed by atoms with E-state index in [1.165, 1.54) is 0 Å². The van der Waals surface area contributed by atoms with Crippen molar-refractivity contribution in [3.63, 3.8) is 0 Å². The molecule has 0 atom stereocenters. The van der Waals surface area contributed by atoms with Crippen LogP contribution in [0.1, 0.15) is 20.8 Å². The first-order chi connectivity index (χ1) is 11.9. The maximum atomic E-state index is 12.0. The molecule has 1 amide bonds. The van der Waals surface area contributed by atoms with Gasteiger partial charge in [0.25, 0.3) is 0 Å². The fourth-order valence-electron chi connectivity index (χ4n) is 2.56. The van der Waals surface area contributed by atoms with E-state index in [4.69, 9.17) is 9.47 Å². The molecule has 0 aliphatic carbocycles. The SMILES string of the molecule is CC(C)(C)OC(=O)N1CC(Nc2cccc(Oc3ccccc3)c2)C1. The maximum Gasteiger partial charge on any atom is 0.410 e. The van der Waals surface area contributed by atoms with Gasteiger partial charge in [0.1, 0.15) is 17.1 Å². The number of nitrogens with zero attached hydrogens (tertiary/aromatic N) is 1. The highest BCUT2D eigenvalue weighted by atomic mass is 16.6. The second-order valence-corrected chi connectivity index (χ2v) is 7.17. The van der Waals surface area contributed by atoms with Crippen molar-refractivity contribution in [2.24, 2.45) is 0 Å². The van der Waals surface area contributed by atoms with Gasteiger partial charge < -0.3 is 19.7 Å². The van der Waals surface area contributed by atoms with Crippen LogP contribution in [-0.4, -0.2) is 35.7 Å². The number of anilines is 1. The number of para-hydroxylation sites is 1. The lowest BCUT2D eigenvalue weighted by Gasteiger charge is -2.40. The van der Waals surface area contributed by atoms with E-state index >= 15 is 0 Å². The Morgan fingerprint density at radius 3 is 2.40 bits per heavy atom. The summed E-state index contributed by atoms with van der Waals surface area (Å²) in [7, 11) is 0. The van der Waals surface area contributed by atoms with Crippen molar-refractivity contribution >= 4 is 11.8 Å². The normalized spacial score (nSPS) is 14.6. The number of carbonyl (C=O) groups excluding carboxylic acids is 1. The van der Waals surface area contributed by atoms with Gasteiger partial charge in [-0.25, -0.2) is 4.79 Å². The molecule has 1 fully saturated rings. The van der Waals surface area contributed by atoms with Gasteiger partial charge in [0.05, 0.1) is 6.04 Å². The standard InChI is InChI=1S/C20H24N2O3/c1-20(2,3)25-19(23)22-13-16(14-22)21-15-8-7-11-18(12-15)24-17-9-5-4-6-10-17/h4-12,16,21H,13-14H2,1-3H3. The zero-order valence-corrected chi connectivity index (χ0v) is 14.9. The summed E-state index contributed by atoms with van der Waals surface area (Å²) < 4.78 is 11.2. The molecule has 1 saturated heterocycles. The van der Waals surface area contributed by atoms with Crippen LogP contribution in [0.25, 0.3) is 0 Å². The van der Waals surface area contributed by atoms with E-state index in [2.05, 4.69) is 5.32 Å². The minimum absolute atomic E-state index is 0.222. The van der Waals surface area contributed by atoms with Crippen LogP contribution in [0.2, 0.25) is 0 Å². The highest BCUT2D eigenvalue weighted by molar-refractivity contribution is 5.69. The quantitative estimate of drug-likeness (QED) is 0.890. The maximum absolute atomic E-state index is 12.0. The third-order valence-corrected chi connectivity index (χ3v) is 3.72. The summed E-state index contributed by atoms with van der Waals surface area (Å²) >= 11 is 0. The van der Waals surface area contributed by atoms with Crippen molar-refractivity contribution in [3.05, 3.63) is 54.6 Å². The van der Waals surface area contributed by atoms with Gasteiger partial charge in [-0.2, -0.15) is 0 Å². The van der Waals surface area contributed by atoms with E-state index in [1.807, 2.05) is 75.4 Å². The Morgan fingerprint density at radius 1 is 1.04 bits per heavy atom. The summed E-state index contributed by atoms with van der Waals surface area (Å²) in [5.41, 5.74) is 0.515. The lowest BCUT2D eigenvalue weighted by Crippen LogP contribution is -2.57. The third-order valence-electron chi connectivity index (χ3n) is 3.72. The van der Waals surface area contributed by atoms with Crippen molar-refractivity contribution < 1.29 is 14.3 Å². The molecular formula is C20H24N2O3. The molecule has 132 valence electrons. The molecule has 0 unspecified atom stereocenters. The third kappa shape index (κ3) is 4.89. The first kappa shape index (κ1) is 17.1. The highest BCUT2D eigenvalue weighted by Crippen LogP contribution is 2.25. The zero-order valence-electron chi connectivity index (χ0n) is 14.9. The number of benzene rings is 2. The second kappa shape index (κ2) is 7.05. The van der Waals surface area contributed by atoms with E-state index in [-0.39, 0.29) is 12.1 Å². The Balaban J connectivity index is 1.51. The molecule has 5 nitrogen and oxygen atoms in total. The molecule has 0 radical (unpaired) electrons. The molecular weight excluding hydrogens is 316 g/mol. The summed E-state index contributed by atoms with van der Waals surface area (Å²) in [5.74, 6) is 1.58. The fraction of sp³-hybridized carbons (Fsp3) is 0.350. The second-order valence-electron chi connectivity index (χ2n) is 7.17. The van der Waals surface area contributed by atoms with Crippen LogP contribution in [0.15, 0.2) is 54.6 Å². The van der Waals surface area contributed by atoms with Crippen molar-refractivity contribution in [1.29, 1.82) is 0 Å². The van der Waals surface area contributed by atoms with Crippen LogP contribution >= 0.6 is 0 Å². The van der Waals surface area contributed by atoms with Crippen molar-refractivity contribution in [2.45, 2.75) is 32.4 Å². The van der Waals surface area contributed by atoms with Crippen LogP contribution in [-0.2, 0) is 4.74 Å². The summed E-state index contributed by atoms with van der Waals surface area (Å²) in [6.07, 6.45) is -0.258. The number of ether oxygens (including phenoxy) is 2. The van der Waals surface area contributed by atoms with E-state index < -0.39 is 5.60 Å². The first-order valence-corrected chi connectivity index (χ1v) is 8.46. The van der Waals surface area contributed by atoms with Crippen molar-refractivity contribution in [1.82, 2.24) is 4.90 Å². The Hall–Kier alpha value is -2.69. The van der Waals surface area contributed by atoms with E-state index in [9.17, 15) is 4.79 Å². The van der Waals surface area contributed by atoms with Crippen LogP contribution in [0.4, 0.5) is 10.5 Å². The molecule has 0 spiro atoms. The molecule has 0 aromatic heterocycles. The monoisotopic (exact) mass is 340 g/mol. The average Bonchev–Trinajstić information content (AvgIpc) is 2.50. The number of amides is 1. The summed E-state index contributed by atoms with van der Waals surface area (Å²) in [6, 6.07) is 17.7. The fourth-order valence-corrected chi connectivity index (χ4v) is 2.56. The molecule has 1 N–H and O–H groups in total. The van der Waals surface area contributed by atoms with Crippen LogP contribution in [0.5, 0.6) is 11.5 Å². The molecule has 0 saturated carbocycles. The van der Waals surface area contributed by atoms with Crippen molar-refractivity contribution in [2.75, 3.05) is 18.4 Å². The molecule has 2 aromatic rings. The minimum Gasteiger partial charge on any atom is -0.457 e. The van der Waals surface area contributed by atoms with E-state index in [0.717, 1.165) is 17.2 Å². The molecule has 1 heterocycles. The number of hydrogen-bond acceptors (Lipinski definition) is 4. The topological polar surface area (TPSA) is 50.8 Å². The Kier molecular flexibility index (Phi) is 4.83. The van der Waals surface area contributed by atoms with Crippen molar-refractivity contribution in [3.8, 4) is 11.5 Å². The van der Waals surface area contributed by atoms with Gasteiger partial charge >= 0.3 is 6.09 Å². The Bertz CT molecular complexity index is 719. The van der Waals surface area contributed by atoms with Gasteiger partial charge in [0, 0.05) is 24.8 Å². The Morgan fingerprint density at radius 2 is 1.72 bits per heavy atom. The lowest BCUT2D eigenvalue weighted by atomic mass is 10.1. The molecule has 0 bridgehead atoms. The molecule has 1 aliphatic heterocycles. The lowest BCUT2D eigenvalue weighted by molar-refractivity contribution is 0.0105. The minimum atomic E-state index is -0.460. The smallest absolute Gasteiger partial charge is 0.410 e. The molecule has 2 aromatic carbocycles. The first-order valence-electron chi connectivity index (χ1n) is 8.46. The van der Waals surface area contributed by atoms with E-state index in [1.54, 1.807) is 4.90 Å². The van der Waals surface area contributed by atoms with Crippen LogP contribution < -0.4 is 10.1 Å². The molecule has 5 heteroatoms. The van der Waals surface area contributed by atoms with Crippen LogP contribution in [0.3, 0.4) is 0 Å². The molecule has 3 rings (SSSR count). The Labute approximate surface area is 148 Å². The largest absolute Gasteiger partial charge is 0.457 e. The summed E-state index contributed by atoms with van der Waals surface area (Å²) in [6.45, 7) is 6.90. The van der Waals surface area contributed by atoms with Gasteiger partial charge in [0.2, 0.25) is 0 Å². The summed E-state index contributed by atoms with van der Waals surface area (Å²) in [5, 5.41) is 3.42. The number of carbonyl (C=O) groups is 1. The van der Waals surface area contributed by atoms with Gasteiger partial charge in [0.15, 0.2) is 0 Å². The van der Waals surface area contributed by atoms with Gasteiger partial charge in [-0.3, -0.25) is 0 Å². The van der Waals surface area contributed by atoms with Gasteiger partial charge in [-0.15, -0.1) is 0 Å². The van der Waals surface area contributed by atoms with Crippen LogP contribution in [0, 0.1) is 0 Å². The number of nitrogens with one attached hydrogen (secondary N) is 1. The summed E-state index contributed by atoms with van der Waals surface area (Å²) in [4.78, 5) is 13.7. The number of likely N-dealkylation sites (tertiary alicyclic amines) is 1. The molecule has 25 heavy (non-hydrogen) atoms. The zero-order chi connectivity index (χ0) is 17.9. The molecule has 1 aliphatic rings. The number of rotatable bonds is 4. The average molecular weight is 340 g/mol. The predicted molar refractivity (Wildman–Crippen MR) is 98.2 cm³/mol. The number of hydrogen-bond donors (Lipinski definition) is 1. The highest BCUT2D eigenvalue weighted by Gasteiger charge is 2.33. The van der Waals surface area contributed by atoms with Gasteiger partial charge in [-0.05, 0) is 45.0 Å². The predicted octanol–water partition coefficient (Wildman–Crippen LogP) is 4.51. The van der Waals surface area contributed by atoms with E-state index in [0.29, 0.717) is 13.1 Å².